The van der Waals surface area contributed by atoms with Gasteiger partial charge in [-0.25, -0.2) is 4.98 Å². The number of amides is 1. The van der Waals surface area contributed by atoms with Crippen LogP contribution in [-0.4, -0.2) is 58.5 Å². The summed E-state index contributed by atoms with van der Waals surface area (Å²) in [5.74, 6) is 1.43. The lowest BCUT2D eigenvalue weighted by atomic mass is 9.89. The largest absolute Gasteiger partial charge is 0.497 e. The fraction of sp³-hybridized carbons (Fsp3) is 0.280. The van der Waals surface area contributed by atoms with Crippen molar-refractivity contribution < 1.29 is 14.3 Å². The van der Waals surface area contributed by atoms with Crippen molar-refractivity contribution in [3.8, 4) is 11.4 Å². The van der Waals surface area contributed by atoms with Gasteiger partial charge in [0.1, 0.15) is 28.6 Å². The van der Waals surface area contributed by atoms with E-state index in [4.69, 9.17) is 9.47 Å². The molecule has 3 aromatic heterocycles. The molecule has 1 aliphatic carbocycles. The minimum atomic E-state index is -0.273. The summed E-state index contributed by atoms with van der Waals surface area (Å²) in [5, 5.41) is 13.5. The summed E-state index contributed by atoms with van der Waals surface area (Å²) in [6, 6.07) is 12.3. The summed E-state index contributed by atoms with van der Waals surface area (Å²) in [6.45, 7) is 0. The molecule has 3 N–H and O–H groups in total. The molecule has 0 saturated heterocycles. The van der Waals surface area contributed by atoms with E-state index in [1.54, 1.807) is 74.4 Å². The Hall–Kier alpha value is -4.38. The summed E-state index contributed by atoms with van der Waals surface area (Å²) in [4.78, 5) is 30.8. The first-order valence-electron chi connectivity index (χ1n) is 11.6. The molecule has 1 fully saturated rings. The molecule has 3 heterocycles. The Morgan fingerprint density at radius 3 is 2.61 bits per heavy atom. The number of methoxy groups -OCH3 is 2. The first-order valence-corrected chi connectivity index (χ1v) is 11.6. The predicted octanol–water partition coefficient (Wildman–Crippen LogP) is 2.58. The van der Waals surface area contributed by atoms with Crippen LogP contribution in [-0.2, 0) is 4.74 Å². The quantitative estimate of drug-likeness (QED) is 0.345. The van der Waals surface area contributed by atoms with Gasteiger partial charge in [0.25, 0.3) is 11.5 Å². The zero-order valence-electron chi connectivity index (χ0n) is 20.2. The normalized spacial score (nSPS) is 16.9. The molecule has 0 bridgehead atoms. The number of rotatable bonds is 8. The van der Waals surface area contributed by atoms with Gasteiger partial charge < -0.3 is 25.4 Å². The maximum Gasteiger partial charge on any atom is 0.278 e. The van der Waals surface area contributed by atoms with Crippen molar-refractivity contribution in [2.75, 3.05) is 31.9 Å². The molecule has 1 aromatic carbocycles. The number of carbonyl (C=O) groups excluding carboxylic acids is 1. The molecule has 11 nitrogen and oxygen atoms in total. The van der Waals surface area contributed by atoms with Crippen molar-refractivity contribution in [3.05, 3.63) is 70.8 Å². The summed E-state index contributed by atoms with van der Waals surface area (Å²) >= 11 is 0. The van der Waals surface area contributed by atoms with Gasteiger partial charge in [0.05, 0.1) is 25.5 Å². The van der Waals surface area contributed by atoms with E-state index in [0.717, 1.165) is 12.8 Å². The molecule has 0 aliphatic heterocycles. The molecule has 0 spiro atoms. The van der Waals surface area contributed by atoms with E-state index < -0.39 is 0 Å². The number of ether oxygens (including phenoxy) is 2. The zero-order chi connectivity index (χ0) is 25.2. The molecule has 1 aliphatic rings. The molecule has 36 heavy (non-hydrogen) atoms. The third-order valence-corrected chi connectivity index (χ3v) is 6.36. The van der Waals surface area contributed by atoms with E-state index >= 15 is 0 Å². The van der Waals surface area contributed by atoms with E-state index in [0.29, 0.717) is 40.0 Å². The molecular formula is C25H27N7O4. The van der Waals surface area contributed by atoms with Crippen LogP contribution in [0, 0.1) is 0 Å². The Balaban J connectivity index is 1.46. The van der Waals surface area contributed by atoms with E-state index in [1.807, 2.05) is 0 Å². The van der Waals surface area contributed by atoms with Crippen LogP contribution in [0.1, 0.15) is 23.2 Å². The summed E-state index contributed by atoms with van der Waals surface area (Å²) < 4.78 is 13.7. The van der Waals surface area contributed by atoms with Crippen LogP contribution in [0.25, 0.3) is 11.3 Å². The lowest BCUT2D eigenvalue weighted by molar-refractivity contribution is 0.00732. The number of pyridine rings is 1. The van der Waals surface area contributed by atoms with Crippen molar-refractivity contribution in [1.82, 2.24) is 24.5 Å². The van der Waals surface area contributed by atoms with Crippen molar-refractivity contribution in [3.63, 3.8) is 0 Å². The van der Waals surface area contributed by atoms with Gasteiger partial charge in [0, 0.05) is 32.1 Å². The Kier molecular flexibility index (Phi) is 6.30. The van der Waals surface area contributed by atoms with Gasteiger partial charge in [-0.2, -0.15) is 9.61 Å². The highest BCUT2D eigenvalue weighted by Crippen LogP contribution is 2.25. The number of benzene rings is 1. The molecular weight excluding hydrogens is 462 g/mol. The third-order valence-electron chi connectivity index (χ3n) is 6.36. The first kappa shape index (κ1) is 23.4. The van der Waals surface area contributed by atoms with Crippen LogP contribution in [0.15, 0.2) is 59.7 Å². The number of hydrogen-bond donors (Lipinski definition) is 3. The molecule has 11 heteroatoms. The lowest BCUT2D eigenvalue weighted by Gasteiger charge is -2.35. The number of fused-ring (bicyclic) bond motifs is 1. The maximum absolute atomic E-state index is 13.2. The van der Waals surface area contributed by atoms with Gasteiger partial charge in [0.2, 0.25) is 0 Å². The zero-order valence-corrected chi connectivity index (χ0v) is 20.2. The summed E-state index contributed by atoms with van der Waals surface area (Å²) in [5.41, 5.74) is 1.47. The fourth-order valence-corrected chi connectivity index (χ4v) is 4.20. The van der Waals surface area contributed by atoms with Gasteiger partial charge in [-0.15, -0.1) is 0 Å². The van der Waals surface area contributed by atoms with Crippen LogP contribution in [0.3, 0.4) is 0 Å². The van der Waals surface area contributed by atoms with E-state index in [1.165, 1.54) is 10.8 Å². The van der Waals surface area contributed by atoms with Gasteiger partial charge in [-0.3, -0.25) is 14.2 Å². The molecule has 0 unspecified atom stereocenters. The minimum Gasteiger partial charge on any atom is -0.497 e. The van der Waals surface area contributed by atoms with Crippen molar-refractivity contribution >= 4 is 28.9 Å². The molecule has 1 saturated carbocycles. The van der Waals surface area contributed by atoms with Crippen LogP contribution < -0.4 is 26.2 Å². The van der Waals surface area contributed by atoms with Crippen molar-refractivity contribution in [2.24, 2.45) is 0 Å². The Morgan fingerprint density at radius 2 is 1.94 bits per heavy atom. The highest BCUT2D eigenvalue weighted by atomic mass is 16.5. The number of nitrogens with one attached hydrogen (secondary N) is 3. The molecule has 5 rings (SSSR count). The standard InChI is InChI=1S/C25H27N7O4/c1-26-22-13-21(28-19-5-4-12-31(25(19)34)15-6-8-16(35-2)9-7-15)30-23-17(14-27-32(22)23)24(33)29-18-10-11-20(18)36-3/h4-9,12-14,18,20,26H,10-11H2,1-3H3,(H,28,30)(H,29,33)/t18-,20-/m0/s1. The molecule has 1 amide bonds. The van der Waals surface area contributed by atoms with Crippen LogP contribution in [0.5, 0.6) is 5.75 Å². The predicted molar refractivity (Wildman–Crippen MR) is 136 cm³/mol. The minimum absolute atomic E-state index is 0.0137. The van der Waals surface area contributed by atoms with Crippen LogP contribution >= 0.6 is 0 Å². The second kappa shape index (κ2) is 9.70. The average Bonchev–Trinajstić information content (AvgIpc) is 3.32. The average molecular weight is 490 g/mol. The smallest absolute Gasteiger partial charge is 0.278 e. The molecule has 0 radical (unpaired) electrons. The molecule has 4 aromatic rings. The van der Waals surface area contributed by atoms with Gasteiger partial charge in [-0.1, -0.05) is 0 Å². The monoisotopic (exact) mass is 489 g/mol. The number of anilines is 3. The fourth-order valence-electron chi connectivity index (χ4n) is 4.20. The Morgan fingerprint density at radius 1 is 1.14 bits per heavy atom. The number of hydrogen-bond acceptors (Lipinski definition) is 8. The second-order valence-electron chi connectivity index (χ2n) is 8.42. The van der Waals surface area contributed by atoms with Crippen LogP contribution in [0.2, 0.25) is 0 Å². The Bertz CT molecular complexity index is 1460. The van der Waals surface area contributed by atoms with Crippen LogP contribution in [0.4, 0.5) is 17.3 Å². The molecule has 2 atom stereocenters. The summed E-state index contributed by atoms with van der Waals surface area (Å²) in [7, 11) is 4.98. The highest BCUT2D eigenvalue weighted by Gasteiger charge is 2.33. The van der Waals surface area contributed by atoms with E-state index in [9.17, 15) is 9.59 Å². The topological polar surface area (TPSA) is 124 Å². The van der Waals surface area contributed by atoms with Gasteiger partial charge >= 0.3 is 0 Å². The van der Waals surface area contributed by atoms with E-state index in [2.05, 4.69) is 26.0 Å². The van der Waals surface area contributed by atoms with Crippen molar-refractivity contribution in [2.45, 2.75) is 25.0 Å². The van der Waals surface area contributed by atoms with E-state index in [-0.39, 0.29) is 23.6 Å². The lowest BCUT2D eigenvalue weighted by Crippen LogP contribution is -2.51. The summed E-state index contributed by atoms with van der Waals surface area (Å²) in [6.07, 6.45) is 4.97. The maximum atomic E-state index is 13.2. The third kappa shape index (κ3) is 4.24. The number of nitrogens with zero attached hydrogens (tertiary/aromatic N) is 4. The highest BCUT2D eigenvalue weighted by molar-refractivity contribution is 6.00. The molecule has 186 valence electrons. The SMILES string of the molecule is CNc1cc(Nc2cccn(-c3ccc(OC)cc3)c2=O)nc2c(C(=O)N[C@H]3CC[C@@H]3OC)cnn12. The van der Waals surface area contributed by atoms with Gasteiger partial charge in [0.15, 0.2) is 5.65 Å². The second-order valence-corrected chi connectivity index (χ2v) is 8.42. The first-order chi connectivity index (χ1) is 17.5. The number of aromatic nitrogens is 4. The number of carbonyl (C=O) groups is 1. The van der Waals surface area contributed by atoms with Gasteiger partial charge in [-0.05, 0) is 49.2 Å². The van der Waals surface area contributed by atoms with Crippen molar-refractivity contribution in [1.29, 1.82) is 0 Å². The Labute approximate surface area is 207 Å².